The Morgan fingerprint density at radius 3 is 2.77 bits per heavy atom. The second-order valence-electron chi connectivity index (χ2n) is 4.50. The molecule has 22 heavy (non-hydrogen) atoms. The van der Waals surface area contributed by atoms with Crippen LogP contribution in [0.5, 0.6) is 0 Å². The first-order valence-electron chi connectivity index (χ1n) is 6.81. The summed E-state index contributed by atoms with van der Waals surface area (Å²) in [6.45, 7) is 1.82. The van der Waals surface area contributed by atoms with Crippen LogP contribution in [0.4, 0.5) is 0 Å². The van der Waals surface area contributed by atoms with Gasteiger partial charge in [-0.15, -0.1) is 11.3 Å². The monoisotopic (exact) mass is 350 g/mol. The number of likely N-dealkylation sites (N-methyl/N-ethyl adjacent to an activating group) is 1. The number of sulfonamides is 1. The van der Waals surface area contributed by atoms with E-state index in [1.807, 2.05) is 0 Å². The summed E-state index contributed by atoms with van der Waals surface area (Å²) in [6, 6.07) is 3.18. The predicted octanol–water partition coefficient (Wildman–Crippen LogP) is 0.538. The van der Waals surface area contributed by atoms with E-state index in [9.17, 15) is 13.2 Å². The second-order valence-corrected chi connectivity index (χ2v) is 7.72. The molecule has 1 rings (SSSR count). The zero-order valence-electron chi connectivity index (χ0n) is 12.8. The Morgan fingerprint density at radius 1 is 1.36 bits per heavy atom. The molecule has 0 aliphatic rings. The van der Waals surface area contributed by atoms with Gasteiger partial charge in [0.25, 0.3) is 10.0 Å². The molecule has 0 saturated heterocycles. The van der Waals surface area contributed by atoms with Gasteiger partial charge in [-0.3, -0.25) is 4.79 Å². The first kappa shape index (κ1) is 19.0. The summed E-state index contributed by atoms with van der Waals surface area (Å²) in [5.41, 5.74) is 0. The summed E-state index contributed by atoms with van der Waals surface area (Å²) in [6.07, 6.45) is 0.664. The molecule has 0 aliphatic carbocycles. The number of nitrogens with zero attached hydrogens (tertiary/aromatic N) is 1. The van der Waals surface area contributed by atoms with E-state index < -0.39 is 10.0 Å². The first-order valence-corrected chi connectivity index (χ1v) is 9.13. The van der Waals surface area contributed by atoms with E-state index in [2.05, 4.69) is 5.32 Å². The van der Waals surface area contributed by atoms with Crippen LogP contribution in [0.25, 0.3) is 0 Å². The fourth-order valence-electron chi connectivity index (χ4n) is 1.55. The minimum Gasteiger partial charge on any atom is -0.382 e. The molecule has 126 valence electrons. The lowest BCUT2D eigenvalue weighted by molar-refractivity contribution is -0.121. The Kier molecular flexibility index (Phi) is 8.57. The highest BCUT2D eigenvalue weighted by Crippen LogP contribution is 2.19. The van der Waals surface area contributed by atoms with Crippen LogP contribution in [0.15, 0.2) is 21.7 Å². The molecule has 0 aromatic carbocycles. The Morgan fingerprint density at radius 2 is 2.14 bits per heavy atom. The average Bonchev–Trinajstić information content (AvgIpc) is 3.01. The summed E-state index contributed by atoms with van der Waals surface area (Å²) in [7, 11) is -0.591. The molecule has 0 bridgehead atoms. The van der Waals surface area contributed by atoms with E-state index in [0.717, 1.165) is 15.6 Å². The van der Waals surface area contributed by atoms with E-state index in [4.69, 9.17) is 9.47 Å². The predicted molar refractivity (Wildman–Crippen MR) is 84.5 cm³/mol. The van der Waals surface area contributed by atoms with Gasteiger partial charge in [0.05, 0.1) is 19.8 Å². The summed E-state index contributed by atoms with van der Waals surface area (Å²) in [5, 5.41) is 4.35. The molecule has 0 radical (unpaired) electrons. The molecule has 0 fully saturated rings. The third-order valence-electron chi connectivity index (χ3n) is 2.75. The number of hydrogen-bond donors (Lipinski definition) is 1. The van der Waals surface area contributed by atoms with Crippen molar-refractivity contribution in [1.82, 2.24) is 9.62 Å². The molecular formula is C13H22N2O5S2. The van der Waals surface area contributed by atoms with Gasteiger partial charge in [-0.05, 0) is 17.9 Å². The molecule has 0 saturated carbocycles. The lowest BCUT2D eigenvalue weighted by atomic mass is 10.4. The number of hydrogen-bond acceptors (Lipinski definition) is 6. The van der Waals surface area contributed by atoms with Crippen LogP contribution in [0.2, 0.25) is 0 Å². The molecule has 0 unspecified atom stereocenters. The SMILES string of the molecule is COCCOCCCNC(=O)CN(C)S(=O)(=O)c1cccs1. The Bertz CT molecular complexity index is 531. The van der Waals surface area contributed by atoms with E-state index in [0.29, 0.717) is 32.8 Å². The largest absolute Gasteiger partial charge is 0.382 e. The van der Waals surface area contributed by atoms with Crippen molar-refractivity contribution >= 4 is 27.3 Å². The second kappa shape index (κ2) is 9.90. The molecule has 1 amide bonds. The van der Waals surface area contributed by atoms with E-state index >= 15 is 0 Å². The van der Waals surface area contributed by atoms with Gasteiger partial charge in [0.1, 0.15) is 4.21 Å². The maximum absolute atomic E-state index is 12.1. The molecule has 0 spiro atoms. The van der Waals surface area contributed by atoms with Crippen LogP contribution in [-0.2, 0) is 24.3 Å². The fourth-order valence-corrected chi connectivity index (χ4v) is 3.88. The van der Waals surface area contributed by atoms with Crippen LogP contribution in [0.3, 0.4) is 0 Å². The van der Waals surface area contributed by atoms with Crippen molar-refractivity contribution in [2.75, 3.05) is 47.1 Å². The Balaban J connectivity index is 2.24. The highest BCUT2D eigenvalue weighted by molar-refractivity contribution is 7.91. The molecule has 9 heteroatoms. The van der Waals surface area contributed by atoms with E-state index in [1.165, 1.54) is 13.1 Å². The number of ether oxygens (including phenoxy) is 2. The van der Waals surface area contributed by atoms with Crippen LogP contribution in [0, 0.1) is 0 Å². The molecule has 1 aromatic rings. The highest BCUT2D eigenvalue weighted by Gasteiger charge is 2.23. The fraction of sp³-hybridized carbons (Fsp3) is 0.615. The van der Waals surface area contributed by atoms with Crippen molar-refractivity contribution in [3.05, 3.63) is 17.5 Å². The third kappa shape index (κ3) is 6.41. The number of carbonyl (C=O) groups excluding carboxylic acids is 1. The van der Waals surface area contributed by atoms with Crippen LogP contribution < -0.4 is 5.32 Å². The van der Waals surface area contributed by atoms with Crippen molar-refractivity contribution in [3.8, 4) is 0 Å². The molecule has 7 nitrogen and oxygen atoms in total. The lowest BCUT2D eigenvalue weighted by Gasteiger charge is -2.15. The summed E-state index contributed by atoms with van der Waals surface area (Å²) in [4.78, 5) is 11.7. The number of methoxy groups -OCH3 is 1. The maximum Gasteiger partial charge on any atom is 0.252 e. The van der Waals surface area contributed by atoms with Crippen LogP contribution in [0.1, 0.15) is 6.42 Å². The van der Waals surface area contributed by atoms with Gasteiger partial charge in [-0.1, -0.05) is 6.07 Å². The molecule has 0 aliphatic heterocycles. The lowest BCUT2D eigenvalue weighted by Crippen LogP contribution is -2.38. The summed E-state index contributed by atoms with van der Waals surface area (Å²) in [5.74, 6) is -0.334. The summed E-state index contributed by atoms with van der Waals surface area (Å²) >= 11 is 1.13. The minimum atomic E-state index is -3.58. The molecule has 0 atom stereocenters. The third-order valence-corrected chi connectivity index (χ3v) is 5.92. The topological polar surface area (TPSA) is 84.9 Å². The standard InChI is InChI=1S/C13H22N2O5S2/c1-15(22(17,18)13-5-3-10-21-13)11-12(16)14-6-4-7-20-9-8-19-2/h3,5,10H,4,6-9,11H2,1-2H3,(H,14,16). The smallest absolute Gasteiger partial charge is 0.252 e. The number of nitrogens with one attached hydrogen (secondary N) is 1. The molecular weight excluding hydrogens is 328 g/mol. The first-order chi connectivity index (χ1) is 10.5. The Labute approximate surface area is 135 Å². The Hall–Kier alpha value is -1.00. The van der Waals surface area contributed by atoms with Gasteiger partial charge in [-0.25, -0.2) is 8.42 Å². The van der Waals surface area contributed by atoms with Crippen molar-refractivity contribution in [1.29, 1.82) is 0 Å². The zero-order chi connectivity index (χ0) is 16.4. The number of rotatable bonds is 11. The van der Waals surface area contributed by atoms with Gasteiger partial charge in [0, 0.05) is 27.3 Å². The van der Waals surface area contributed by atoms with Gasteiger partial charge in [0.2, 0.25) is 5.91 Å². The van der Waals surface area contributed by atoms with Crippen LogP contribution in [-0.4, -0.2) is 65.7 Å². The van der Waals surface area contributed by atoms with E-state index in [1.54, 1.807) is 18.6 Å². The number of thiophene rings is 1. The normalized spacial score (nSPS) is 11.8. The zero-order valence-corrected chi connectivity index (χ0v) is 14.4. The minimum absolute atomic E-state index is 0.204. The number of amides is 1. The highest BCUT2D eigenvalue weighted by atomic mass is 32.2. The summed E-state index contributed by atoms with van der Waals surface area (Å²) < 4.78 is 35.6. The van der Waals surface area contributed by atoms with Gasteiger partial charge in [0.15, 0.2) is 0 Å². The molecule has 1 heterocycles. The van der Waals surface area contributed by atoms with E-state index in [-0.39, 0.29) is 16.7 Å². The average molecular weight is 350 g/mol. The van der Waals surface area contributed by atoms with Gasteiger partial charge >= 0.3 is 0 Å². The van der Waals surface area contributed by atoms with Gasteiger partial charge in [-0.2, -0.15) is 4.31 Å². The quantitative estimate of drug-likeness (QED) is 0.589. The number of carbonyl (C=O) groups is 1. The van der Waals surface area contributed by atoms with Crippen molar-refractivity contribution in [2.45, 2.75) is 10.6 Å². The van der Waals surface area contributed by atoms with Gasteiger partial charge < -0.3 is 14.8 Å². The van der Waals surface area contributed by atoms with Crippen molar-refractivity contribution in [2.24, 2.45) is 0 Å². The van der Waals surface area contributed by atoms with Crippen molar-refractivity contribution < 1.29 is 22.7 Å². The molecule has 1 aromatic heterocycles. The molecule has 1 N–H and O–H groups in total. The van der Waals surface area contributed by atoms with Crippen molar-refractivity contribution in [3.63, 3.8) is 0 Å². The maximum atomic E-state index is 12.1. The van der Waals surface area contributed by atoms with Crippen LogP contribution >= 0.6 is 11.3 Å².